The average Bonchev–Trinajstić information content (AvgIpc) is 2.57. The van der Waals surface area contributed by atoms with Crippen LogP contribution in [0.2, 0.25) is 5.02 Å². The Morgan fingerprint density at radius 1 is 1.25 bits per heavy atom. The third kappa shape index (κ3) is 3.79. The second kappa shape index (κ2) is 7.36. The van der Waals surface area contributed by atoms with Crippen molar-refractivity contribution < 1.29 is 4.74 Å². The summed E-state index contributed by atoms with van der Waals surface area (Å²) >= 11 is 9.06. The van der Waals surface area contributed by atoms with Crippen molar-refractivity contribution in [3.05, 3.63) is 41.2 Å². The number of nitrogens with two attached hydrogens (primary N) is 1. The van der Waals surface area contributed by atoms with Crippen molar-refractivity contribution in [2.45, 2.75) is 18.9 Å². The minimum atomic E-state index is 0.147. The van der Waals surface area contributed by atoms with E-state index in [1.165, 1.54) is 6.33 Å². The molecule has 0 atom stereocenters. The van der Waals surface area contributed by atoms with Crippen LogP contribution in [0.1, 0.15) is 18.4 Å². The molecule has 0 spiro atoms. The number of halogens is 2. The number of benzene rings is 1. The smallest absolute Gasteiger partial charge is 0.144 e. The Labute approximate surface area is 153 Å². The predicted molar refractivity (Wildman–Crippen MR) is 99.5 cm³/mol. The molecule has 3 N–H and O–H groups in total. The van der Waals surface area contributed by atoms with Crippen LogP contribution in [0.5, 0.6) is 5.75 Å². The van der Waals surface area contributed by atoms with Crippen molar-refractivity contribution in [3.63, 3.8) is 0 Å². The van der Waals surface area contributed by atoms with E-state index in [2.05, 4.69) is 30.8 Å². The molecule has 1 aliphatic heterocycles. The maximum atomic E-state index is 7.84. The lowest BCUT2D eigenvalue weighted by atomic mass is 10.1. The summed E-state index contributed by atoms with van der Waals surface area (Å²) in [6, 6.07) is 7.40. The highest BCUT2D eigenvalue weighted by molar-refractivity contribution is 9.18. The number of anilines is 2. The van der Waals surface area contributed by atoms with E-state index < -0.39 is 0 Å². The molecule has 1 aromatic carbocycles. The second-order valence-corrected chi connectivity index (χ2v) is 6.76. The molecular formula is C16H17BrClN5O. The maximum absolute atomic E-state index is 7.84. The highest BCUT2D eigenvalue weighted by Crippen LogP contribution is 2.28. The van der Waals surface area contributed by atoms with Crippen LogP contribution < -0.4 is 15.4 Å². The Bertz CT molecular complexity index is 732. The zero-order valence-electron chi connectivity index (χ0n) is 12.9. The van der Waals surface area contributed by atoms with Gasteiger partial charge in [-0.2, -0.15) is 0 Å². The Morgan fingerprint density at radius 2 is 1.92 bits per heavy atom. The molecule has 2 aromatic rings. The lowest BCUT2D eigenvalue weighted by molar-refractivity contribution is 0.170. The fourth-order valence-corrected chi connectivity index (χ4v) is 3.24. The molecule has 2 heterocycles. The molecule has 8 heteroatoms. The highest BCUT2D eigenvalue weighted by Gasteiger charge is 2.25. The molecular weight excluding hydrogens is 394 g/mol. The zero-order chi connectivity index (χ0) is 17.1. The summed E-state index contributed by atoms with van der Waals surface area (Å²) in [5.74, 6) is 1.82. The fourth-order valence-electron chi connectivity index (χ4n) is 2.73. The first kappa shape index (κ1) is 17.0. The van der Waals surface area contributed by atoms with Crippen molar-refractivity contribution in [1.82, 2.24) is 9.97 Å². The van der Waals surface area contributed by atoms with Gasteiger partial charge in [0, 0.05) is 31.0 Å². The Morgan fingerprint density at radius 3 is 2.54 bits per heavy atom. The monoisotopic (exact) mass is 409 g/mol. The average molecular weight is 411 g/mol. The molecule has 1 aromatic heterocycles. The van der Waals surface area contributed by atoms with Gasteiger partial charge in [-0.3, -0.25) is 5.41 Å². The normalized spacial score (nSPS) is 15.3. The van der Waals surface area contributed by atoms with Crippen molar-refractivity contribution in [3.8, 4) is 5.75 Å². The van der Waals surface area contributed by atoms with Gasteiger partial charge in [0.25, 0.3) is 0 Å². The van der Waals surface area contributed by atoms with E-state index in [4.69, 9.17) is 27.5 Å². The molecule has 0 amide bonds. The van der Waals surface area contributed by atoms with E-state index in [0.29, 0.717) is 22.2 Å². The standard InChI is InChI=1S/C16H17BrClN5O/c17-14(19)13-15(20)21-9-22-16(13)23-7-5-12(6-8-23)24-11-3-1-10(18)2-4-11/h1-4,9,12,19H,5-8H2,(H2,20,21,22). The van der Waals surface area contributed by atoms with Crippen LogP contribution in [0.3, 0.4) is 0 Å². The number of hydrogen-bond acceptors (Lipinski definition) is 6. The van der Waals surface area contributed by atoms with Gasteiger partial charge >= 0.3 is 0 Å². The summed E-state index contributed by atoms with van der Waals surface area (Å²) in [4.78, 5) is 10.4. The minimum Gasteiger partial charge on any atom is -0.490 e. The van der Waals surface area contributed by atoms with Crippen LogP contribution in [0.15, 0.2) is 30.6 Å². The number of nitrogens with one attached hydrogen (secondary N) is 1. The number of hydrogen-bond donors (Lipinski definition) is 2. The lowest BCUT2D eigenvalue weighted by Crippen LogP contribution is -2.39. The molecule has 0 saturated carbocycles. The Balaban J connectivity index is 1.66. The number of ether oxygens (including phenoxy) is 1. The van der Waals surface area contributed by atoms with E-state index in [0.717, 1.165) is 31.7 Å². The second-order valence-electron chi connectivity index (χ2n) is 5.53. The van der Waals surface area contributed by atoms with Gasteiger partial charge in [-0.05, 0) is 40.2 Å². The van der Waals surface area contributed by atoms with Gasteiger partial charge in [-0.1, -0.05) is 11.6 Å². The number of rotatable bonds is 4. The van der Waals surface area contributed by atoms with Crippen LogP contribution >= 0.6 is 27.5 Å². The maximum Gasteiger partial charge on any atom is 0.144 e. The molecule has 24 heavy (non-hydrogen) atoms. The zero-order valence-corrected chi connectivity index (χ0v) is 15.2. The molecule has 126 valence electrons. The van der Waals surface area contributed by atoms with Gasteiger partial charge in [0.05, 0.1) is 5.56 Å². The van der Waals surface area contributed by atoms with E-state index in [-0.39, 0.29) is 10.7 Å². The molecule has 6 nitrogen and oxygen atoms in total. The third-order valence-corrected chi connectivity index (χ3v) is 4.58. The number of nitrogens with zero attached hydrogens (tertiary/aromatic N) is 3. The van der Waals surface area contributed by atoms with Crippen LogP contribution in [-0.2, 0) is 0 Å². The molecule has 0 aliphatic carbocycles. The molecule has 0 bridgehead atoms. The first-order valence-corrected chi connectivity index (χ1v) is 8.73. The number of aromatic nitrogens is 2. The van der Waals surface area contributed by atoms with Gasteiger partial charge in [0.15, 0.2) is 0 Å². The van der Waals surface area contributed by atoms with Crippen LogP contribution in [0, 0.1) is 5.41 Å². The summed E-state index contributed by atoms with van der Waals surface area (Å²) in [5, 5.41) is 8.53. The van der Waals surface area contributed by atoms with Gasteiger partial charge in [0.2, 0.25) is 0 Å². The summed E-state index contributed by atoms with van der Waals surface area (Å²) in [7, 11) is 0. The SMILES string of the molecule is N=C(Br)c1c(N)ncnc1N1CCC(Oc2ccc(Cl)cc2)CC1. The van der Waals surface area contributed by atoms with E-state index in [1.54, 1.807) is 0 Å². The van der Waals surface area contributed by atoms with Crippen molar-refractivity contribution in [2.24, 2.45) is 0 Å². The molecule has 3 rings (SSSR count). The molecule has 0 unspecified atom stereocenters. The van der Waals surface area contributed by atoms with Crippen molar-refractivity contribution in [1.29, 1.82) is 5.41 Å². The van der Waals surface area contributed by atoms with Crippen LogP contribution in [0.4, 0.5) is 11.6 Å². The predicted octanol–water partition coefficient (Wildman–Crippen LogP) is 3.48. The topological polar surface area (TPSA) is 88.1 Å². The van der Waals surface area contributed by atoms with Gasteiger partial charge < -0.3 is 15.4 Å². The highest BCUT2D eigenvalue weighted by atomic mass is 79.9. The van der Waals surface area contributed by atoms with E-state index in [9.17, 15) is 0 Å². The summed E-state index contributed by atoms with van der Waals surface area (Å²) in [6.07, 6.45) is 3.30. The van der Waals surface area contributed by atoms with Gasteiger partial charge in [0.1, 0.15) is 34.4 Å². The molecule has 0 radical (unpaired) electrons. The quantitative estimate of drug-likeness (QED) is 0.753. The van der Waals surface area contributed by atoms with Gasteiger partial charge in [-0.25, -0.2) is 9.97 Å². The number of piperidine rings is 1. The van der Waals surface area contributed by atoms with Gasteiger partial charge in [-0.15, -0.1) is 0 Å². The lowest BCUT2D eigenvalue weighted by Gasteiger charge is -2.33. The van der Waals surface area contributed by atoms with Crippen LogP contribution in [0.25, 0.3) is 0 Å². The van der Waals surface area contributed by atoms with Crippen molar-refractivity contribution >= 4 is 43.8 Å². The summed E-state index contributed by atoms with van der Waals surface area (Å²) < 4.78 is 6.19. The number of nitrogen functional groups attached to an aromatic ring is 1. The Kier molecular flexibility index (Phi) is 5.20. The van der Waals surface area contributed by atoms with Crippen LogP contribution in [-0.4, -0.2) is 33.8 Å². The van der Waals surface area contributed by atoms with Crippen molar-refractivity contribution in [2.75, 3.05) is 23.7 Å². The third-order valence-electron chi connectivity index (χ3n) is 3.93. The van der Waals surface area contributed by atoms with E-state index in [1.807, 2.05) is 24.3 Å². The molecule has 1 fully saturated rings. The first-order chi connectivity index (χ1) is 11.5. The molecule has 1 saturated heterocycles. The summed E-state index contributed by atoms with van der Waals surface area (Å²) in [5.41, 5.74) is 6.42. The summed E-state index contributed by atoms with van der Waals surface area (Å²) in [6.45, 7) is 1.56. The Hall–Kier alpha value is -1.86. The fraction of sp³-hybridized carbons (Fsp3) is 0.312. The molecule has 1 aliphatic rings. The largest absolute Gasteiger partial charge is 0.490 e. The first-order valence-electron chi connectivity index (χ1n) is 7.56. The minimum absolute atomic E-state index is 0.147. The van der Waals surface area contributed by atoms with E-state index >= 15 is 0 Å².